The number of hydrogen-bond donors (Lipinski definition) is 1. The van der Waals surface area contributed by atoms with E-state index in [4.69, 9.17) is 4.74 Å². The van der Waals surface area contributed by atoms with E-state index in [1.165, 1.54) is 0 Å². The number of piperidine rings is 1. The average molecular weight is 408 g/mol. The van der Waals surface area contributed by atoms with Gasteiger partial charge in [-0.25, -0.2) is 9.97 Å². The number of anilines is 1. The van der Waals surface area contributed by atoms with Crippen molar-refractivity contribution >= 4 is 22.8 Å². The summed E-state index contributed by atoms with van der Waals surface area (Å²) in [6.45, 7) is 6.86. The summed E-state index contributed by atoms with van der Waals surface area (Å²) in [5.41, 5.74) is 3.06. The molecule has 2 aromatic heterocycles. The Hall–Kier alpha value is -3.09. The van der Waals surface area contributed by atoms with Crippen LogP contribution < -0.4 is 15.0 Å². The van der Waals surface area contributed by atoms with Crippen molar-refractivity contribution < 1.29 is 9.53 Å². The Kier molecular flexibility index (Phi) is 5.88. The van der Waals surface area contributed by atoms with Crippen LogP contribution in [0, 0.1) is 19.8 Å². The molecule has 1 saturated heterocycles. The Bertz CT molecular complexity index is 1020. The number of carbonyl (C=O) groups is 1. The van der Waals surface area contributed by atoms with Crippen molar-refractivity contribution in [2.75, 3.05) is 31.6 Å². The maximum absolute atomic E-state index is 12.8. The van der Waals surface area contributed by atoms with E-state index >= 15 is 0 Å². The van der Waals surface area contributed by atoms with E-state index in [2.05, 4.69) is 43.1 Å². The van der Waals surface area contributed by atoms with Gasteiger partial charge in [-0.2, -0.15) is 0 Å². The number of fused-ring (bicyclic) bond motifs is 1. The minimum Gasteiger partial charge on any atom is -0.497 e. The molecule has 1 aliphatic heterocycles. The summed E-state index contributed by atoms with van der Waals surface area (Å²) < 4.78 is 7.44. The number of aryl methyl sites for hydroxylation is 2. The highest BCUT2D eigenvalue weighted by Gasteiger charge is 2.27. The van der Waals surface area contributed by atoms with Gasteiger partial charge in [0.2, 0.25) is 11.9 Å². The predicted molar refractivity (Wildman–Crippen MR) is 118 cm³/mol. The quantitative estimate of drug-likeness (QED) is 0.680. The fourth-order valence-electron chi connectivity index (χ4n) is 4.17. The topological polar surface area (TPSA) is 72.3 Å². The summed E-state index contributed by atoms with van der Waals surface area (Å²) in [5.74, 6) is 1.67. The SMILES string of the molecule is COc1ccc2c(ccn2CCNC(=O)[C@H]2CCCN(c3nc(C)cc(C)n3)C2)c1. The lowest BCUT2D eigenvalue weighted by Crippen LogP contribution is -2.44. The van der Waals surface area contributed by atoms with E-state index in [-0.39, 0.29) is 11.8 Å². The number of carbonyl (C=O) groups excluding carboxylic acids is 1. The second-order valence-electron chi connectivity index (χ2n) is 7.96. The highest BCUT2D eigenvalue weighted by atomic mass is 16.5. The van der Waals surface area contributed by atoms with E-state index in [0.29, 0.717) is 13.1 Å². The third-order valence-electron chi connectivity index (χ3n) is 5.68. The highest BCUT2D eigenvalue weighted by molar-refractivity contribution is 5.82. The molecule has 4 rings (SSSR count). The Balaban J connectivity index is 1.34. The lowest BCUT2D eigenvalue weighted by atomic mass is 9.97. The molecule has 1 aromatic carbocycles. The number of nitrogens with zero attached hydrogens (tertiary/aromatic N) is 4. The minimum absolute atomic E-state index is 0.0335. The second-order valence-corrected chi connectivity index (χ2v) is 7.96. The maximum atomic E-state index is 12.8. The number of aromatic nitrogens is 3. The first-order valence-corrected chi connectivity index (χ1v) is 10.5. The number of methoxy groups -OCH3 is 1. The molecule has 0 spiro atoms. The number of hydrogen-bond acceptors (Lipinski definition) is 5. The smallest absolute Gasteiger partial charge is 0.225 e. The van der Waals surface area contributed by atoms with Gasteiger partial charge in [-0.3, -0.25) is 4.79 Å². The molecule has 1 fully saturated rings. The molecule has 0 aliphatic carbocycles. The van der Waals surface area contributed by atoms with Crippen molar-refractivity contribution in [1.82, 2.24) is 19.9 Å². The Morgan fingerprint density at radius 3 is 2.77 bits per heavy atom. The summed E-state index contributed by atoms with van der Waals surface area (Å²) >= 11 is 0. The van der Waals surface area contributed by atoms with Crippen molar-refractivity contribution in [3.8, 4) is 5.75 Å². The molecule has 3 heterocycles. The van der Waals surface area contributed by atoms with Gasteiger partial charge in [0, 0.05) is 54.7 Å². The molecule has 1 aliphatic rings. The predicted octanol–water partition coefficient (Wildman–Crippen LogP) is 3.09. The van der Waals surface area contributed by atoms with Crippen LogP contribution in [0.3, 0.4) is 0 Å². The van der Waals surface area contributed by atoms with Gasteiger partial charge in [-0.05, 0) is 57.0 Å². The van der Waals surface area contributed by atoms with Crippen LogP contribution >= 0.6 is 0 Å². The summed E-state index contributed by atoms with van der Waals surface area (Å²) in [4.78, 5) is 24.0. The summed E-state index contributed by atoms with van der Waals surface area (Å²) in [6.07, 6.45) is 3.92. The van der Waals surface area contributed by atoms with E-state index in [0.717, 1.165) is 59.9 Å². The normalized spacial score (nSPS) is 16.6. The lowest BCUT2D eigenvalue weighted by molar-refractivity contribution is -0.125. The number of rotatable bonds is 6. The molecule has 30 heavy (non-hydrogen) atoms. The highest BCUT2D eigenvalue weighted by Crippen LogP contribution is 2.23. The van der Waals surface area contributed by atoms with Crippen LogP contribution in [0.2, 0.25) is 0 Å². The van der Waals surface area contributed by atoms with Gasteiger partial charge in [0.1, 0.15) is 5.75 Å². The minimum atomic E-state index is -0.0335. The molecule has 7 heteroatoms. The van der Waals surface area contributed by atoms with Crippen molar-refractivity contribution in [2.45, 2.75) is 33.2 Å². The standard InChI is InChI=1S/C23H29N5O2/c1-16-13-17(2)26-23(25-16)28-10-4-5-19(15-28)22(29)24-9-12-27-11-8-18-14-20(30-3)6-7-21(18)27/h6-8,11,13-14,19H,4-5,9-10,12,15H2,1-3H3,(H,24,29)/t19-/m0/s1. The zero-order valence-corrected chi connectivity index (χ0v) is 17.9. The van der Waals surface area contributed by atoms with Gasteiger partial charge in [-0.1, -0.05) is 0 Å². The Morgan fingerprint density at radius 1 is 1.20 bits per heavy atom. The number of amides is 1. The van der Waals surface area contributed by atoms with Gasteiger partial charge < -0.3 is 19.5 Å². The molecule has 1 N–H and O–H groups in total. The first-order valence-electron chi connectivity index (χ1n) is 10.5. The summed E-state index contributed by atoms with van der Waals surface area (Å²) in [7, 11) is 1.67. The molecule has 7 nitrogen and oxygen atoms in total. The molecule has 0 radical (unpaired) electrons. The van der Waals surface area contributed by atoms with E-state index in [1.54, 1.807) is 7.11 Å². The van der Waals surface area contributed by atoms with Crippen molar-refractivity contribution in [3.05, 3.63) is 47.9 Å². The third-order valence-corrected chi connectivity index (χ3v) is 5.68. The third kappa shape index (κ3) is 4.40. The van der Waals surface area contributed by atoms with Gasteiger partial charge in [0.25, 0.3) is 0 Å². The van der Waals surface area contributed by atoms with Gasteiger partial charge >= 0.3 is 0 Å². The Morgan fingerprint density at radius 2 is 2.00 bits per heavy atom. The van der Waals surface area contributed by atoms with E-state index in [1.807, 2.05) is 32.0 Å². The van der Waals surface area contributed by atoms with Gasteiger partial charge in [0.05, 0.1) is 13.0 Å². The maximum Gasteiger partial charge on any atom is 0.225 e. The number of nitrogens with one attached hydrogen (secondary N) is 1. The molecular weight excluding hydrogens is 378 g/mol. The molecule has 158 valence electrons. The molecular formula is C23H29N5O2. The average Bonchev–Trinajstić information content (AvgIpc) is 3.15. The van der Waals surface area contributed by atoms with Gasteiger partial charge in [0.15, 0.2) is 0 Å². The first kappa shape index (κ1) is 20.2. The van der Waals surface area contributed by atoms with Crippen LogP contribution in [0.5, 0.6) is 5.75 Å². The van der Waals surface area contributed by atoms with Crippen molar-refractivity contribution in [1.29, 1.82) is 0 Å². The second kappa shape index (κ2) is 8.73. The number of benzene rings is 1. The molecule has 0 saturated carbocycles. The summed E-state index contributed by atoms with van der Waals surface area (Å²) in [5, 5.41) is 4.26. The first-order chi connectivity index (χ1) is 14.5. The van der Waals surface area contributed by atoms with Gasteiger partial charge in [-0.15, -0.1) is 0 Å². The van der Waals surface area contributed by atoms with Crippen LogP contribution in [-0.2, 0) is 11.3 Å². The van der Waals surface area contributed by atoms with Crippen molar-refractivity contribution in [2.24, 2.45) is 5.92 Å². The van der Waals surface area contributed by atoms with Crippen molar-refractivity contribution in [3.63, 3.8) is 0 Å². The summed E-state index contributed by atoms with van der Waals surface area (Å²) in [6, 6.07) is 10.1. The Labute approximate surface area is 177 Å². The van der Waals surface area contributed by atoms with E-state index < -0.39 is 0 Å². The fourth-order valence-corrected chi connectivity index (χ4v) is 4.17. The van der Waals surface area contributed by atoms with E-state index in [9.17, 15) is 4.79 Å². The van der Waals surface area contributed by atoms with Crippen LogP contribution in [0.15, 0.2) is 36.5 Å². The zero-order chi connectivity index (χ0) is 21.1. The zero-order valence-electron chi connectivity index (χ0n) is 17.9. The van der Waals surface area contributed by atoms with Crippen LogP contribution in [0.4, 0.5) is 5.95 Å². The lowest BCUT2D eigenvalue weighted by Gasteiger charge is -2.32. The monoisotopic (exact) mass is 407 g/mol. The largest absolute Gasteiger partial charge is 0.497 e. The van der Waals surface area contributed by atoms with Crippen LogP contribution in [0.25, 0.3) is 10.9 Å². The van der Waals surface area contributed by atoms with Crippen LogP contribution in [0.1, 0.15) is 24.2 Å². The van der Waals surface area contributed by atoms with Crippen LogP contribution in [-0.4, -0.2) is 47.2 Å². The molecule has 1 atom stereocenters. The molecule has 0 unspecified atom stereocenters. The molecule has 3 aromatic rings. The number of ether oxygens (including phenoxy) is 1. The molecule has 1 amide bonds. The fraction of sp³-hybridized carbons (Fsp3) is 0.435. The molecule has 0 bridgehead atoms.